The van der Waals surface area contributed by atoms with Gasteiger partial charge in [-0.15, -0.1) is 0 Å². The predicted molar refractivity (Wildman–Crippen MR) is 121 cm³/mol. The van der Waals surface area contributed by atoms with Crippen LogP contribution in [0.5, 0.6) is 0 Å². The lowest BCUT2D eigenvalue weighted by Gasteiger charge is -2.34. The quantitative estimate of drug-likeness (QED) is 0.682. The van der Waals surface area contributed by atoms with Gasteiger partial charge in [-0.1, -0.05) is 17.7 Å². The topological polar surface area (TPSA) is 73.5 Å². The van der Waals surface area contributed by atoms with E-state index >= 15 is 0 Å². The van der Waals surface area contributed by atoms with Crippen molar-refractivity contribution in [2.75, 3.05) is 26.2 Å². The maximum absolute atomic E-state index is 13.1. The van der Waals surface area contributed by atoms with E-state index in [-0.39, 0.29) is 5.91 Å². The molecule has 0 spiro atoms. The molecule has 162 valence electrons. The standard InChI is InChI=1S/C24H27N3O3S/c1-17-6-9-19(10-7-17)31(29,30)27-14-12-26(13-15-27)24(28)18-8-11-23-21(16-18)20-4-2-3-5-22(20)25-23/h6-11,16,25H,2-5,12-15H2,1H3. The fourth-order valence-corrected chi connectivity index (χ4v) is 6.13. The van der Waals surface area contributed by atoms with Crippen LogP contribution >= 0.6 is 0 Å². The van der Waals surface area contributed by atoms with Crippen LogP contribution in [0, 0.1) is 6.92 Å². The van der Waals surface area contributed by atoms with Gasteiger partial charge in [0.15, 0.2) is 0 Å². The van der Waals surface area contributed by atoms with E-state index in [2.05, 4.69) is 4.98 Å². The van der Waals surface area contributed by atoms with E-state index in [4.69, 9.17) is 0 Å². The van der Waals surface area contributed by atoms with Crippen molar-refractivity contribution >= 4 is 26.8 Å². The summed E-state index contributed by atoms with van der Waals surface area (Å²) in [5.74, 6) is -0.0277. The molecule has 31 heavy (non-hydrogen) atoms. The van der Waals surface area contributed by atoms with Gasteiger partial charge in [0.2, 0.25) is 10.0 Å². The van der Waals surface area contributed by atoms with Gasteiger partial charge in [0.1, 0.15) is 0 Å². The summed E-state index contributed by atoms with van der Waals surface area (Å²) in [6.45, 7) is 3.34. The highest BCUT2D eigenvalue weighted by atomic mass is 32.2. The number of hydrogen-bond donors (Lipinski definition) is 1. The molecule has 7 heteroatoms. The second-order valence-electron chi connectivity index (χ2n) is 8.56. The molecule has 1 saturated heterocycles. The molecule has 1 aliphatic heterocycles. The highest BCUT2D eigenvalue weighted by Gasteiger charge is 2.30. The number of fused-ring (bicyclic) bond motifs is 3. The maximum atomic E-state index is 13.1. The lowest BCUT2D eigenvalue weighted by Crippen LogP contribution is -2.50. The van der Waals surface area contributed by atoms with Crippen molar-refractivity contribution in [3.63, 3.8) is 0 Å². The number of H-pyrrole nitrogens is 1. The molecule has 2 heterocycles. The summed E-state index contributed by atoms with van der Waals surface area (Å²) in [6, 6.07) is 12.8. The summed E-state index contributed by atoms with van der Waals surface area (Å²) in [5, 5.41) is 1.15. The highest BCUT2D eigenvalue weighted by molar-refractivity contribution is 7.89. The van der Waals surface area contributed by atoms with Gasteiger partial charge in [-0.2, -0.15) is 4.31 Å². The van der Waals surface area contributed by atoms with Crippen LogP contribution in [0.2, 0.25) is 0 Å². The number of aryl methyl sites for hydroxylation is 3. The zero-order valence-corrected chi connectivity index (χ0v) is 18.5. The minimum Gasteiger partial charge on any atom is -0.358 e. The molecule has 0 radical (unpaired) electrons. The molecule has 2 aliphatic rings. The van der Waals surface area contributed by atoms with Crippen LogP contribution in [0.25, 0.3) is 10.9 Å². The van der Waals surface area contributed by atoms with E-state index in [1.54, 1.807) is 17.0 Å². The van der Waals surface area contributed by atoms with Gasteiger partial charge in [0, 0.05) is 48.3 Å². The third-order valence-electron chi connectivity index (χ3n) is 6.53. The van der Waals surface area contributed by atoms with Crippen molar-refractivity contribution < 1.29 is 13.2 Å². The maximum Gasteiger partial charge on any atom is 0.253 e. The minimum atomic E-state index is -3.53. The molecule has 1 fully saturated rings. The molecule has 0 bridgehead atoms. The Hall–Kier alpha value is -2.64. The molecule has 3 aromatic rings. The second-order valence-corrected chi connectivity index (χ2v) is 10.5. The van der Waals surface area contributed by atoms with Crippen molar-refractivity contribution in [1.29, 1.82) is 0 Å². The van der Waals surface area contributed by atoms with E-state index in [0.717, 1.165) is 29.3 Å². The molecule has 6 nitrogen and oxygen atoms in total. The van der Waals surface area contributed by atoms with Gasteiger partial charge in [-0.25, -0.2) is 8.42 Å². The summed E-state index contributed by atoms with van der Waals surface area (Å²) in [4.78, 5) is 18.7. The molecule has 0 unspecified atom stereocenters. The minimum absolute atomic E-state index is 0.0277. The van der Waals surface area contributed by atoms with Crippen molar-refractivity contribution in [2.45, 2.75) is 37.5 Å². The average Bonchev–Trinajstić information content (AvgIpc) is 3.17. The second kappa shape index (κ2) is 7.80. The molecule has 1 aromatic heterocycles. The number of rotatable bonds is 3. The number of amides is 1. The number of carbonyl (C=O) groups excluding carboxylic acids is 1. The lowest BCUT2D eigenvalue weighted by molar-refractivity contribution is 0.0698. The Morgan fingerprint density at radius 1 is 0.935 bits per heavy atom. The number of carbonyl (C=O) groups is 1. The van der Waals surface area contributed by atoms with E-state index in [1.807, 2.05) is 37.3 Å². The van der Waals surface area contributed by atoms with Crippen molar-refractivity contribution in [1.82, 2.24) is 14.2 Å². The first kappa shape index (κ1) is 20.3. The van der Waals surface area contributed by atoms with Crippen LogP contribution in [-0.4, -0.2) is 54.7 Å². The number of piperazine rings is 1. The van der Waals surface area contributed by atoms with Gasteiger partial charge in [-0.05, 0) is 68.5 Å². The normalized spacial score (nSPS) is 17.6. The zero-order chi connectivity index (χ0) is 21.6. The summed E-state index contributed by atoms with van der Waals surface area (Å²) >= 11 is 0. The largest absolute Gasteiger partial charge is 0.358 e. The number of aromatic amines is 1. The van der Waals surface area contributed by atoms with Crippen LogP contribution < -0.4 is 0 Å². The predicted octanol–water partition coefficient (Wildman–Crippen LogP) is 3.50. The van der Waals surface area contributed by atoms with Crippen molar-refractivity contribution in [3.8, 4) is 0 Å². The van der Waals surface area contributed by atoms with Crippen LogP contribution in [0.4, 0.5) is 0 Å². The Bertz CT molecular complexity index is 1240. The molecule has 1 amide bonds. The molecule has 5 rings (SSSR count). The fourth-order valence-electron chi connectivity index (χ4n) is 4.71. The van der Waals surface area contributed by atoms with E-state index in [1.165, 1.54) is 28.4 Å². The van der Waals surface area contributed by atoms with Gasteiger partial charge in [-0.3, -0.25) is 4.79 Å². The molecular weight excluding hydrogens is 410 g/mol. The van der Waals surface area contributed by atoms with E-state index in [0.29, 0.717) is 36.6 Å². The number of nitrogens with one attached hydrogen (secondary N) is 1. The third kappa shape index (κ3) is 3.66. The molecule has 2 aromatic carbocycles. The summed E-state index contributed by atoms with van der Waals surface area (Å²) in [6.07, 6.45) is 4.53. The lowest BCUT2D eigenvalue weighted by atomic mass is 9.95. The fraction of sp³-hybridized carbons (Fsp3) is 0.375. The van der Waals surface area contributed by atoms with E-state index in [9.17, 15) is 13.2 Å². The highest BCUT2D eigenvalue weighted by Crippen LogP contribution is 2.30. The zero-order valence-electron chi connectivity index (χ0n) is 17.7. The Morgan fingerprint density at radius 2 is 1.65 bits per heavy atom. The van der Waals surface area contributed by atoms with Gasteiger partial charge in [0.05, 0.1) is 4.90 Å². The van der Waals surface area contributed by atoms with Gasteiger partial charge in [0.25, 0.3) is 5.91 Å². The van der Waals surface area contributed by atoms with Gasteiger partial charge < -0.3 is 9.88 Å². The van der Waals surface area contributed by atoms with Crippen LogP contribution in [-0.2, 0) is 22.9 Å². The van der Waals surface area contributed by atoms with Crippen molar-refractivity contribution in [3.05, 3.63) is 64.8 Å². The number of hydrogen-bond acceptors (Lipinski definition) is 3. The average molecular weight is 438 g/mol. The molecule has 1 aliphatic carbocycles. The number of benzene rings is 2. The molecule has 1 N–H and O–H groups in total. The Kier molecular flexibility index (Phi) is 5.10. The summed E-state index contributed by atoms with van der Waals surface area (Å²) in [7, 11) is -3.53. The summed E-state index contributed by atoms with van der Waals surface area (Å²) < 4.78 is 27.3. The smallest absolute Gasteiger partial charge is 0.253 e. The van der Waals surface area contributed by atoms with Crippen LogP contribution in [0.15, 0.2) is 47.4 Å². The molecule has 0 atom stereocenters. The van der Waals surface area contributed by atoms with Crippen LogP contribution in [0.3, 0.4) is 0 Å². The Morgan fingerprint density at radius 3 is 2.39 bits per heavy atom. The first-order valence-corrected chi connectivity index (χ1v) is 12.4. The van der Waals surface area contributed by atoms with Crippen molar-refractivity contribution in [2.24, 2.45) is 0 Å². The number of aromatic nitrogens is 1. The Labute approximate surface area is 182 Å². The van der Waals surface area contributed by atoms with Crippen LogP contribution in [0.1, 0.15) is 40.0 Å². The monoisotopic (exact) mass is 437 g/mol. The molecular formula is C24H27N3O3S. The van der Waals surface area contributed by atoms with E-state index < -0.39 is 10.0 Å². The van der Waals surface area contributed by atoms with Gasteiger partial charge >= 0.3 is 0 Å². The third-order valence-corrected chi connectivity index (χ3v) is 8.44. The number of sulfonamides is 1. The SMILES string of the molecule is Cc1ccc(S(=O)(=O)N2CCN(C(=O)c3ccc4[nH]c5c(c4c3)CCCC5)CC2)cc1. The molecule has 0 saturated carbocycles. The first-order valence-electron chi connectivity index (χ1n) is 10.9. The number of nitrogens with zero attached hydrogens (tertiary/aromatic N) is 2. The Balaban J connectivity index is 1.31. The first-order chi connectivity index (χ1) is 14.9. The summed E-state index contributed by atoms with van der Waals surface area (Å²) in [5.41, 5.74) is 5.45.